The van der Waals surface area contributed by atoms with Crippen LogP contribution in [0.5, 0.6) is 0 Å². The van der Waals surface area contributed by atoms with Crippen LogP contribution in [0, 0.1) is 5.82 Å². The third-order valence-electron chi connectivity index (χ3n) is 5.24. The predicted molar refractivity (Wildman–Crippen MR) is 132 cm³/mol. The van der Waals surface area contributed by atoms with Gasteiger partial charge in [-0.2, -0.15) is 0 Å². The van der Waals surface area contributed by atoms with Gasteiger partial charge in [0.15, 0.2) is 5.13 Å². The number of furan rings is 1. The SMILES string of the molecule is OC(c1ccc(SNc2nccs2)cc1)c1ccc(-c2ccc(F)cc2)cc1-c1ccoc1. The van der Waals surface area contributed by atoms with Crippen LogP contribution in [-0.4, -0.2) is 10.1 Å². The molecule has 164 valence electrons. The van der Waals surface area contributed by atoms with Crippen LogP contribution in [0.2, 0.25) is 0 Å². The average molecular weight is 475 g/mol. The standard InChI is InChI=1S/C26H19FN2O2S2/c27-21-6-1-17(2-7-21)19-5-10-23(24(15-19)20-11-13-31-16-20)25(30)18-3-8-22(9-4-18)33-29-26-28-12-14-32-26/h1-16,25,30H,(H,28,29). The van der Waals surface area contributed by atoms with Crippen molar-refractivity contribution in [1.29, 1.82) is 0 Å². The third-order valence-corrected chi connectivity index (χ3v) is 6.86. The molecule has 4 nitrogen and oxygen atoms in total. The van der Waals surface area contributed by atoms with E-state index in [0.29, 0.717) is 0 Å². The molecule has 1 atom stereocenters. The van der Waals surface area contributed by atoms with E-state index in [9.17, 15) is 9.50 Å². The van der Waals surface area contributed by atoms with Crippen LogP contribution in [0.1, 0.15) is 17.2 Å². The van der Waals surface area contributed by atoms with Crippen LogP contribution >= 0.6 is 23.3 Å². The second-order valence-corrected chi connectivity index (χ2v) is 9.11. The lowest BCUT2D eigenvalue weighted by molar-refractivity contribution is 0.221. The molecule has 5 rings (SSSR count). The molecule has 5 aromatic rings. The van der Waals surface area contributed by atoms with E-state index < -0.39 is 6.10 Å². The number of hydrogen-bond donors (Lipinski definition) is 2. The van der Waals surface area contributed by atoms with Gasteiger partial charge in [0.25, 0.3) is 0 Å². The van der Waals surface area contributed by atoms with Gasteiger partial charge in [-0.1, -0.05) is 36.4 Å². The van der Waals surface area contributed by atoms with Crippen molar-refractivity contribution in [1.82, 2.24) is 4.98 Å². The Labute approximate surface area is 198 Å². The molecule has 0 fully saturated rings. The van der Waals surface area contributed by atoms with Crippen LogP contribution in [0.3, 0.4) is 0 Å². The molecule has 2 aromatic heterocycles. The first kappa shape index (κ1) is 21.5. The van der Waals surface area contributed by atoms with E-state index in [1.54, 1.807) is 30.9 Å². The highest BCUT2D eigenvalue weighted by atomic mass is 32.2. The highest BCUT2D eigenvalue weighted by Gasteiger charge is 2.18. The van der Waals surface area contributed by atoms with E-state index in [2.05, 4.69) is 9.71 Å². The highest BCUT2D eigenvalue weighted by molar-refractivity contribution is 8.00. The zero-order valence-corrected chi connectivity index (χ0v) is 18.9. The molecular formula is C26H19FN2O2S2. The highest BCUT2D eigenvalue weighted by Crippen LogP contribution is 2.36. The zero-order chi connectivity index (χ0) is 22.6. The number of benzene rings is 3. The molecule has 3 aromatic carbocycles. The Morgan fingerprint density at radius 1 is 0.939 bits per heavy atom. The Morgan fingerprint density at radius 3 is 2.42 bits per heavy atom. The lowest BCUT2D eigenvalue weighted by Gasteiger charge is -2.17. The van der Waals surface area contributed by atoms with E-state index in [1.807, 2.05) is 53.9 Å². The smallest absolute Gasteiger partial charge is 0.192 e. The molecule has 0 radical (unpaired) electrons. The molecule has 7 heteroatoms. The quantitative estimate of drug-likeness (QED) is 0.241. The minimum Gasteiger partial charge on any atom is -0.472 e. The number of aromatic nitrogens is 1. The Morgan fingerprint density at radius 2 is 1.73 bits per heavy atom. The van der Waals surface area contributed by atoms with Crippen molar-refractivity contribution in [3.05, 3.63) is 114 Å². The van der Waals surface area contributed by atoms with Crippen LogP contribution in [0.15, 0.2) is 106 Å². The van der Waals surface area contributed by atoms with E-state index >= 15 is 0 Å². The molecule has 2 heterocycles. The summed E-state index contributed by atoms with van der Waals surface area (Å²) in [7, 11) is 0. The molecule has 2 N–H and O–H groups in total. The van der Waals surface area contributed by atoms with Crippen molar-refractivity contribution < 1.29 is 13.9 Å². The molecule has 0 spiro atoms. The molecular weight excluding hydrogens is 455 g/mol. The molecule has 1 unspecified atom stereocenters. The molecule has 0 aliphatic rings. The second kappa shape index (κ2) is 9.62. The van der Waals surface area contributed by atoms with Crippen molar-refractivity contribution in [2.75, 3.05) is 4.72 Å². The number of nitrogens with zero attached hydrogens (tertiary/aromatic N) is 1. The van der Waals surface area contributed by atoms with Gasteiger partial charge in [-0.05, 0) is 76.2 Å². The maximum Gasteiger partial charge on any atom is 0.192 e. The summed E-state index contributed by atoms with van der Waals surface area (Å²) in [5, 5.41) is 14.0. The van der Waals surface area contributed by atoms with Crippen molar-refractivity contribution >= 4 is 28.4 Å². The van der Waals surface area contributed by atoms with Gasteiger partial charge in [-0.3, -0.25) is 0 Å². The zero-order valence-electron chi connectivity index (χ0n) is 17.3. The maximum absolute atomic E-state index is 13.4. The number of hydrogen-bond acceptors (Lipinski definition) is 6. The first-order chi connectivity index (χ1) is 16.2. The fraction of sp³-hybridized carbons (Fsp3) is 0.0385. The summed E-state index contributed by atoms with van der Waals surface area (Å²) in [5.74, 6) is -0.274. The Hall–Kier alpha value is -3.39. The van der Waals surface area contributed by atoms with E-state index in [1.165, 1.54) is 35.4 Å². The number of aliphatic hydroxyl groups excluding tert-OH is 1. The van der Waals surface area contributed by atoms with Crippen molar-refractivity contribution in [3.63, 3.8) is 0 Å². The normalized spacial score (nSPS) is 11.9. The summed E-state index contributed by atoms with van der Waals surface area (Å²) in [6, 6.07) is 21.9. The lowest BCUT2D eigenvalue weighted by atomic mass is 9.91. The summed E-state index contributed by atoms with van der Waals surface area (Å²) in [6.07, 6.45) is 4.20. The monoisotopic (exact) mass is 474 g/mol. The number of aliphatic hydroxyl groups is 1. The van der Waals surface area contributed by atoms with Gasteiger partial charge in [0.2, 0.25) is 0 Å². The summed E-state index contributed by atoms with van der Waals surface area (Å²) in [4.78, 5) is 5.22. The van der Waals surface area contributed by atoms with E-state index in [4.69, 9.17) is 4.42 Å². The van der Waals surface area contributed by atoms with Crippen molar-refractivity contribution in [2.24, 2.45) is 0 Å². The van der Waals surface area contributed by atoms with Gasteiger partial charge < -0.3 is 14.2 Å². The largest absolute Gasteiger partial charge is 0.472 e. The predicted octanol–water partition coefficient (Wildman–Crippen LogP) is 7.41. The fourth-order valence-corrected chi connectivity index (χ4v) is 4.78. The van der Waals surface area contributed by atoms with Crippen LogP contribution in [0.25, 0.3) is 22.3 Å². The average Bonchev–Trinajstić information content (AvgIpc) is 3.57. The summed E-state index contributed by atoms with van der Waals surface area (Å²) in [5.41, 5.74) is 5.12. The Balaban J connectivity index is 1.43. The number of thiazole rings is 1. The lowest BCUT2D eigenvalue weighted by Crippen LogP contribution is -2.02. The third kappa shape index (κ3) is 4.85. The molecule has 0 aliphatic heterocycles. The molecule has 0 saturated carbocycles. The molecule has 0 amide bonds. The van der Waals surface area contributed by atoms with Gasteiger partial charge >= 0.3 is 0 Å². The van der Waals surface area contributed by atoms with Gasteiger partial charge in [-0.25, -0.2) is 9.37 Å². The molecule has 0 bridgehead atoms. The minimum absolute atomic E-state index is 0.274. The topological polar surface area (TPSA) is 58.3 Å². The molecule has 0 saturated heterocycles. The minimum atomic E-state index is -0.817. The van der Waals surface area contributed by atoms with Crippen LogP contribution < -0.4 is 4.72 Å². The Bertz CT molecular complexity index is 1320. The van der Waals surface area contributed by atoms with E-state index in [-0.39, 0.29) is 5.82 Å². The van der Waals surface area contributed by atoms with Gasteiger partial charge in [0.05, 0.1) is 12.5 Å². The fourth-order valence-electron chi connectivity index (χ4n) is 3.56. The van der Waals surface area contributed by atoms with Gasteiger partial charge in [-0.15, -0.1) is 11.3 Å². The first-order valence-electron chi connectivity index (χ1n) is 10.2. The summed E-state index contributed by atoms with van der Waals surface area (Å²) >= 11 is 3.01. The summed E-state index contributed by atoms with van der Waals surface area (Å²) < 4.78 is 21.9. The van der Waals surface area contributed by atoms with Gasteiger partial charge in [0, 0.05) is 22.0 Å². The number of halogens is 1. The number of nitrogens with one attached hydrogen (secondary N) is 1. The number of anilines is 1. The second-order valence-electron chi connectivity index (χ2n) is 7.33. The first-order valence-corrected chi connectivity index (χ1v) is 11.9. The van der Waals surface area contributed by atoms with Gasteiger partial charge in [0.1, 0.15) is 11.9 Å². The van der Waals surface area contributed by atoms with Crippen molar-refractivity contribution in [2.45, 2.75) is 11.0 Å². The van der Waals surface area contributed by atoms with Crippen molar-refractivity contribution in [3.8, 4) is 22.3 Å². The van der Waals surface area contributed by atoms with Crippen LogP contribution in [-0.2, 0) is 0 Å². The maximum atomic E-state index is 13.4. The number of rotatable bonds is 7. The van der Waals surface area contributed by atoms with Crippen LogP contribution in [0.4, 0.5) is 9.52 Å². The van der Waals surface area contributed by atoms with E-state index in [0.717, 1.165) is 43.4 Å². The Kier molecular flexibility index (Phi) is 6.26. The summed E-state index contributed by atoms with van der Waals surface area (Å²) in [6.45, 7) is 0. The molecule has 33 heavy (non-hydrogen) atoms. The molecule has 0 aliphatic carbocycles.